The molecular weight excluding hydrogens is 322 g/mol. The number of hydrogen-bond donors (Lipinski definition) is 1. The van der Waals surface area contributed by atoms with Gasteiger partial charge in [0.15, 0.2) is 0 Å². The van der Waals surface area contributed by atoms with Gasteiger partial charge in [-0.05, 0) is 57.0 Å². The zero-order chi connectivity index (χ0) is 18.7. The van der Waals surface area contributed by atoms with Crippen molar-refractivity contribution >= 4 is 12.1 Å². The topological polar surface area (TPSA) is 46.4 Å². The summed E-state index contributed by atoms with van der Waals surface area (Å²) in [7, 11) is 0. The molecule has 1 heterocycles. The van der Waals surface area contributed by atoms with Gasteiger partial charge < -0.3 is 4.57 Å². The molecule has 3 aromatic rings. The summed E-state index contributed by atoms with van der Waals surface area (Å²) in [5.74, 6) is -0.202. The van der Waals surface area contributed by atoms with Crippen LogP contribution in [-0.2, 0) is 0 Å². The lowest BCUT2D eigenvalue weighted by molar-refractivity contribution is 0.0954. The molecule has 3 rings (SSSR count). The van der Waals surface area contributed by atoms with Crippen molar-refractivity contribution in [3.8, 4) is 5.69 Å². The quantitative estimate of drug-likeness (QED) is 0.550. The first-order valence-corrected chi connectivity index (χ1v) is 8.63. The van der Waals surface area contributed by atoms with Crippen molar-refractivity contribution in [2.75, 3.05) is 0 Å². The van der Waals surface area contributed by atoms with E-state index >= 15 is 0 Å². The Balaban J connectivity index is 1.82. The van der Waals surface area contributed by atoms with Gasteiger partial charge in [-0.2, -0.15) is 5.10 Å². The number of carbonyl (C=O) groups excluding carboxylic acids is 1. The Morgan fingerprint density at radius 3 is 2.31 bits per heavy atom. The molecule has 0 aliphatic rings. The number of hydrogen-bond acceptors (Lipinski definition) is 2. The summed E-state index contributed by atoms with van der Waals surface area (Å²) in [6.45, 7) is 8.14. The van der Waals surface area contributed by atoms with E-state index in [0.717, 1.165) is 28.2 Å². The van der Waals surface area contributed by atoms with Gasteiger partial charge in [0.1, 0.15) is 0 Å². The molecule has 132 valence electrons. The highest BCUT2D eigenvalue weighted by atomic mass is 16.2. The average molecular weight is 345 g/mol. The summed E-state index contributed by atoms with van der Waals surface area (Å²) in [4.78, 5) is 12.2. The first-order valence-electron chi connectivity index (χ1n) is 8.63. The minimum Gasteiger partial charge on any atom is -0.318 e. The first-order chi connectivity index (χ1) is 12.5. The maximum Gasteiger partial charge on any atom is 0.271 e. The molecule has 0 saturated heterocycles. The highest BCUT2D eigenvalue weighted by molar-refractivity contribution is 5.96. The number of nitrogens with one attached hydrogen (secondary N) is 1. The fraction of sp³-hybridized carbons (Fsp3) is 0.182. The van der Waals surface area contributed by atoms with Crippen molar-refractivity contribution in [3.05, 3.63) is 88.2 Å². The lowest BCUT2D eigenvalue weighted by Crippen LogP contribution is -2.18. The van der Waals surface area contributed by atoms with Crippen LogP contribution in [-0.4, -0.2) is 16.7 Å². The molecule has 0 unspecified atom stereocenters. The SMILES string of the molecule is Cc1ccccc1C(=O)N/N=C\c1cc(C)n(-c2ccccc2C)c1C. The van der Waals surface area contributed by atoms with E-state index in [1.54, 1.807) is 12.3 Å². The second kappa shape index (κ2) is 7.40. The van der Waals surface area contributed by atoms with Crippen LogP contribution >= 0.6 is 0 Å². The van der Waals surface area contributed by atoms with E-state index in [-0.39, 0.29) is 5.91 Å². The summed E-state index contributed by atoms with van der Waals surface area (Å²) in [6, 6.07) is 17.8. The number of benzene rings is 2. The van der Waals surface area contributed by atoms with Gasteiger partial charge >= 0.3 is 0 Å². The molecule has 0 aliphatic carbocycles. The molecule has 4 heteroatoms. The van der Waals surface area contributed by atoms with Crippen molar-refractivity contribution < 1.29 is 4.79 Å². The van der Waals surface area contributed by atoms with E-state index in [0.29, 0.717) is 5.56 Å². The number of nitrogens with zero attached hydrogens (tertiary/aromatic N) is 2. The molecule has 0 aliphatic heterocycles. The summed E-state index contributed by atoms with van der Waals surface area (Å²) >= 11 is 0. The number of para-hydroxylation sites is 1. The second-order valence-corrected chi connectivity index (χ2v) is 6.46. The minimum absolute atomic E-state index is 0.202. The third-order valence-electron chi connectivity index (χ3n) is 4.59. The number of amides is 1. The standard InChI is InChI=1S/C22H23N3O/c1-15-9-5-7-11-20(15)22(26)24-23-14-19-13-17(3)25(18(19)4)21-12-8-6-10-16(21)2/h5-14H,1-4H3,(H,24,26)/b23-14-. The summed E-state index contributed by atoms with van der Waals surface area (Å²) < 4.78 is 2.21. The van der Waals surface area contributed by atoms with Crippen molar-refractivity contribution in [2.45, 2.75) is 27.7 Å². The summed E-state index contributed by atoms with van der Waals surface area (Å²) in [5.41, 5.74) is 9.75. The monoisotopic (exact) mass is 345 g/mol. The highest BCUT2D eigenvalue weighted by Gasteiger charge is 2.11. The van der Waals surface area contributed by atoms with Gasteiger partial charge in [-0.25, -0.2) is 5.43 Å². The fourth-order valence-corrected chi connectivity index (χ4v) is 3.15. The van der Waals surface area contributed by atoms with Crippen molar-refractivity contribution in [1.29, 1.82) is 0 Å². The van der Waals surface area contributed by atoms with E-state index in [4.69, 9.17) is 0 Å². The smallest absolute Gasteiger partial charge is 0.271 e. The molecule has 0 spiro atoms. The van der Waals surface area contributed by atoms with Gasteiger partial charge in [0, 0.05) is 28.2 Å². The maximum absolute atomic E-state index is 12.2. The van der Waals surface area contributed by atoms with Crippen LogP contribution in [0.3, 0.4) is 0 Å². The third kappa shape index (κ3) is 3.45. The van der Waals surface area contributed by atoms with Gasteiger partial charge in [0.05, 0.1) is 6.21 Å². The molecular formula is C22H23N3O. The highest BCUT2D eigenvalue weighted by Crippen LogP contribution is 2.22. The zero-order valence-corrected chi connectivity index (χ0v) is 15.6. The number of rotatable bonds is 4. The summed E-state index contributed by atoms with van der Waals surface area (Å²) in [6.07, 6.45) is 1.70. The van der Waals surface area contributed by atoms with Crippen LogP contribution in [0.4, 0.5) is 0 Å². The molecule has 4 nitrogen and oxygen atoms in total. The van der Waals surface area contributed by atoms with E-state index < -0.39 is 0 Å². The van der Waals surface area contributed by atoms with Gasteiger partial charge in [-0.3, -0.25) is 4.79 Å². The van der Waals surface area contributed by atoms with Crippen molar-refractivity contribution in [2.24, 2.45) is 5.10 Å². The van der Waals surface area contributed by atoms with Crippen molar-refractivity contribution in [3.63, 3.8) is 0 Å². The molecule has 0 bridgehead atoms. The van der Waals surface area contributed by atoms with Gasteiger partial charge in [-0.15, -0.1) is 0 Å². The number of aryl methyl sites for hydroxylation is 3. The van der Waals surface area contributed by atoms with Crippen LogP contribution in [0.1, 0.15) is 38.4 Å². The first kappa shape index (κ1) is 17.7. The molecule has 1 aromatic heterocycles. The Morgan fingerprint density at radius 2 is 1.62 bits per heavy atom. The lowest BCUT2D eigenvalue weighted by atomic mass is 10.1. The number of aromatic nitrogens is 1. The molecule has 0 fully saturated rings. The molecule has 0 atom stereocenters. The minimum atomic E-state index is -0.202. The van der Waals surface area contributed by atoms with Crippen molar-refractivity contribution in [1.82, 2.24) is 9.99 Å². The van der Waals surface area contributed by atoms with Crippen LogP contribution in [0.15, 0.2) is 59.7 Å². The van der Waals surface area contributed by atoms with Crippen LogP contribution in [0.2, 0.25) is 0 Å². The molecule has 1 amide bonds. The normalized spacial score (nSPS) is 11.1. The Hall–Kier alpha value is -3.14. The Kier molecular flexibility index (Phi) is 5.03. The Morgan fingerprint density at radius 1 is 0.962 bits per heavy atom. The molecule has 1 N–H and O–H groups in total. The predicted molar refractivity (Wildman–Crippen MR) is 106 cm³/mol. The largest absolute Gasteiger partial charge is 0.318 e. The van der Waals surface area contributed by atoms with Crippen LogP contribution in [0.5, 0.6) is 0 Å². The molecule has 2 aromatic carbocycles. The maximum atomic E-state index is 12.2. The average Bonchev–Trinajstić information content (AvgIpc) is 2.90. The lowest BCUT2D eigenvalue weighted by Gasteiger charge is -2.12. The molecule has 0 saturated carbocycles. The number of carbonyl (C=O) groups is 1. The fourth-order valence-electron chi connectivity index (χ4n) is 3.15. The van der Waals surface area contributed by atoms with Gasteiger partial charge in [0.25, 0.3) is 5.91 Å². The second-order valence-electron chi connectivity index (χ2n) is 6.46. The van der Waals surface area contributed by atoms with Gasteiger partial charge in [-0.1, -0.05) is 36.4 Å². The van der Waals surface area contributed by atoms with Crippen LogP contribution < -0.4 is 5.43 Å². The molecule has 0 radical (unpaired) electrons. The zero-order valence-electron chi connectivity index (χ0n) is 15.6. The van der Waals surface area contributed by atoms with Gasteiger partial charge in [0.2, 0.25) is 0 Å². The number of hydrazone groups is 1. The molecule has 26 heavy (non-hydrogen) atoms. The Labute approximate surface area is 154 Å². The van der Waals surface area contributed by atoms with E-state index in [9.17, 15) is 4.79 Å². The third-order valence-corrected chi connectivity index (χ3v) is 4.59. The van der Waals surface area contributed by atoms with E-state index in [1.165, 1.54) is 5.56 Å². The van der Waals surface area contributed by atoms with E-state index in [1.807, 2.05) is 37.3 Å². The Bertz CT molecular complexity index is 983. The van der Waals surface area contributed by atoms with E-state index in [2.05, 4.69) is 54.1 Å². The van der Waals surface area contributed by atoms with Crippen LogP contribution in [0, 0.1) is 27.7 Å². The summed E-state index contributed by atoms with van der Waals surface area (Å²) in [5, 5.41) is 4.15. The van der Waals surface area contributed by atoms with Crippen LogP contribution in [0.25, 0.3) is 5.69 Å². The predicted octanol–water partition coefficient (Wildman–Crippen LogP) is 4.47.